The van der Waals surface area contributed by atoms with E-state index in [0.717, 1.165) is 12.8 Å². The predicted molar refractivity (Wildman–Crippen MR) is 91.2 cm³/mol. The molecule has 0 bridgehead atoms. The summed E-state index contributed by atoms with van der Waals surface area (Å²) in [6.07, 6.45) is 19.9. The van der Waals surface area contributed by atoms with Gasteiger partial charge in [0, 0.05) is 0 Å². The average Bonchev–Trinajstić information content (AvgIpc) is 2.50. The summed E-state index contributed by atoms with van der Waals surface area (Å²) in [6.45, 7) is 2.03. The number of rotatable bonds is 14. The van der Waals surface area contributed by atoms with Crippen molar-refractivity contribution in [3.8, 4) is 0 Å². The summed E-state index contributed by atoms with van der Waals surface area (Å²) in [6, 6.07) is -0.562. The van der Waals surface area contributed by atoms with E-state index >= 15 is 0 Å². The Morgan fingerprint density at radius 2 is 1.38 bits per heavy atom. The van der Waals surface area contributed by atoms with E-state index in [1.54, 1.807) is 6.08 Å². The van der Waals surface area contributed by atoms with Gasteiger partial charge in [0.1, 0.15) is 0 Å². The van der Waals surface area contributed by atoms with Crippen LogP contribution in [-0.4, -0.2) is 29.0 Å². The maximum atomic E-state index is 9.52. The van der Waals surface area contributed by atoms with Crippen molar-refractivity contribution in [2.75, 3.05) is 6.61 Å². The van der Waals surface area contributed by atoms with E-state index in [4.69, 9.17) is 10.8 Å². The molecule has 0 aliphatic carbocycles. The monoisotopic (exact) mass is 297 g/mol. The molecule has 0 aromatic rings. The Labute approximate surface area is 130 Å². The van der Waals surface area contributed by atoms with Gasteiger partial charge in [0.2, 0.25) is 0 Å². The third kappa shape index (κ3) is 14.1. The molecule has 0 rings (SSSR count). The second-order valence-electron chi connectivity index (χ2n) is 5.72. The molecular weight excluding hydrogens is 262 g/mol. The fraction of sp³-hybridized carbons (Fsp3) is 0.778. The topological polar surface area (TPSA) is 66.5 Å². The van der Waals surface area contributed by atoms with E-state index in [-0.39, 0.29) is 6.61 Å². The number of unbranched alkanes of at least 4 members (excludes halogenated alkanes) is 8. The third-order valence-corrected chi connectivity index (χ3v) is 3.60. The van der Waals surface area contributed by atoms with Crippen LogP contribution >= 0.6 is 0 Å². The zero-order chi connectivity index (χ0) is 15.8. The summed E-state index contributed by atoms with van der Waals surface area (Å²) < 4.78 is 0. The molecule has 0 amide bonds. The van der Waals surface area contributed by atoms with Crippen molar-refractivity contribution in [1.29, 1.82) is 0 Å². The van der Waals surface area contributed by atoms with Crippen molar-refractivity contribution in [3.63, 3.8) is 0 Å². The quantitative estimate of drug-likeness (QED) is 0.338. The van der Waals surface area contributed by atoms with Crippen LogP contribution in [0.5, 0.6) is 0 Å². The van der Waals surface area contributed by atoms with Gasteiger partial charge in [-0.1, -0.05) is 63.3 Å². The Kier molecular flexibility index (Phi) is 15.3. The molecule has 0 saturated heterocycles. The van der Waals surface area contributed by atoms with Gasteiger partial charge in [-0.05, 0) is 32.1 Å². The first-order valence-corrected chi connectivity index (χ1v) is 8.58. The van der Waals surface area contributed by atoms with Crippen molar-refractivity contribution in [1.82, 2.24) is 0 Å². The highest BCUT2D eigenvalue weighted by Crippen LogP contribution is 2.09. The van der Waals surface area contributed by atoms with Crippen LogP contribution < -0.4 is 5.73 Å². The van der Waals surface area contributed by atoms with Gasteiger partial charge in [0.25, 0.3) is 0 Å². The van der Waals surface area contributed by atoms with Gasteiger partial charge in [-0.2, -0.15) is 0 Å². The lowest BCUT2D eigenvalue weighted by atomic mass is 10.1. The molecule has 2 unspecified atom stereocenters. The zero-order valence-corrected chi connectivity index (χ0v) is 13.7. The molecule has 0 spiro atoms. The summed E-state index contributed by atoms with van der Waals surface area (Å²) >= 11 is 0. The van der Waals surface area contributed by atoms with Crippen LogP contribution in [0, 0.1) is 0 Å². The van der Waals surface area contributed by atoms with Crippen LogP contribution in [0.25, 0.3) is 0 Å². The van der Waals surface area contributed by atoms with Crippen LogP contribution in [-0.2, 0) is 0 Å². The summed E-state index contributed by atoms with van der Waals surface area (Å²) in [5, 5.41) is 18.3. The van der Waals surface area contributed by atoms with E-state index in [1.807, 2.05) is 6.08 Å². The van der Waals surface area contributed by atoms with Crippen LogP contribution in [0.3, 0.4) is 0 Å². The fourth-order valence-corrected chi connectivity index (χ4v) is 2.12. The molecule has 0 heterocycles. The maximum absolute atomic E-state index is 9.52. The minimum absolute atomic E-state index is 0.181. The number of hydrogen-bond acceptors (Lipinski definition) is 3. The van der Waals surface area contributed by atoms with E-state index in [9.17, 15) is 5.11 Å². The fourth-order valence-electron chi connectivity index (χ4n) is 2.12. The second-order valence-corrected chi connectivity index (χ2v) is 5.72. The van der Waals surface area contributed by atoms with Crippen LogP contribution in [0.1, 0.15) is 71.1 Å². The van der Waals surface area contributed by atoms with Crippen molar-refractivity contribution in [2.45, 2.75) is 83.3 Å². The van der Waals surface area contributed by atoms with Crippen molar-refractivity contribution >= 4 is 0 Å². The minimum Gasteiger partial charge on any atom is -0.395 e. The normalized spacial score (nSPS) is 15.0. The van der Waals surface area contributed by atoms with Gasteiger partial charge in [0.05, 0.1) is 18.8 Å². The first-order chi connectivity index (χ1) is 10.2. The molecule has 0 fully saturated rings. The van der Waals surface area contributed by atoms with Crippen LogP contribution in [0.4, 0.5) is 0 Å². The second kappa shape index (κ2) is 15.7. The van der Waals surface area contributed by atoms with Crippen LogP contribution in [0.15, 0.2) is 24.3 Å². The van der Waals surface area contributed by atoms with Crippen molar-refractivity contribution in [2.24, 2.45) is 5.73 Å². The Morgan fingerprint density at radius 3 is 1.95 bits per heavy atom. The summed E-state index contributed by atoms with van der Waals surface area (Å²) in [4.78, 5) is 0. The molecule has 0 saturated carbocycles. The van der Waals surface area contributed by atoms with E-state index in [1.165, 1.54) is 51.4 Å². The molecule has 3 heteroatoms. The molecular formula is C18H35NO2. The average molecular weight is 297 g/mol. The zero-order valence-electron chi connectivity index (χ0n) is 13.7. The molecule has 0 aliphatic heterocycles. The first-order valence-electron chi connectivity index (χ1n) is 8.58. The van der Waals surface area contributed by atoms with Gasteiger partial charge < -0.3 is 15.9 Å². The molecule has 4 N–H and O–H groups in total. The van der Waals surface area contributed by atoms with Gasteiger partial charge in [-0.25, -0.2) is 0 Å². The maximum Gasteiger partial charge on any atom is 0.0894 e. The highest BCUT2D eigenvalue weighted by atomic mass is 16.3. The highest BCUT2D eigenvalue weighted by molar-refractivity contribution is 4.93. The number of allylic oxidation sites excluding steroid dienone is 3. The Balaban J connectivity index is 3.27. The molecule has 0 radical (unpaired) electrons. The minimum atomic E-state index is -0.726. The third-order valence-electron chi connectivity index (χ3n) is 3.60. The van der Waals surface area contributed by atoms with E-state index in [2.05, 4.69) is 19.1 Å². The highest BCUT2D eigenvalue weighted by Gasteiger charge is 2.08. The van der Waals surface area contributed by atoms with Gasteiger partial charge in [0.15, 0.2) is 0 Å². The van der Waals surface area contributed by atoms with Gasteiger partial charge >= 0.3 is 0 Å². The smallest absolute Gasteiger partial charge is 0.0894 e. The summed E-state index contributed by atoms with van der Waals surface area (Å²) in [5.41, 5.74) is 5.51. The largest absolute Gasteiger partial charge is 0.395 e. The number of aliphatic hydroxyl groups is 2. The Bertz CT molecular complexity index is 264. The summed E-state index contributed by atoms with van der Waals surface area (Å²) in [7, 11) is 0. The molecule has 0 aromatic carbocycles. The molecule has 124 valence electrons. The Hall–Kier alpha value is -0.640. The van der Waals surface area contributed by atoms with Crippen molar-refractivity contribution in [3.05, 3.63) is 24.3 Å². The first kappa shape index (κ1) is 20.4. The van der Waals surface area contributed by atoms with Gasteiger partial charge in [-0.3, -0.25) is 0 Å². The van der Waals surface area contributed by atoms with E-state index in [0.29, 0.717) is 0 Å². The Morgan fingerprint density at radius 1 is 0.857 bits per heavy atom. The van der Waals surface area contributed by atoms with Crippen LogP contribution in [0.2, 0.25) is 0 Å². The number of aliphatic hydroxyl groups excluding tert-OH is 2. The molecule has 2 atom stereocenters. The number of nitrogens with two attached hydrogens (primary N) is 1. The lowest BCUT2D eigenvalue weighted by Gasteiger charge is -2.11. The standard InChI is InChI=1S/C18H35NO2/c1-2-3-4-5-6-7-8-9-10-11-12-13-14-15-18(21)17(19)16-20/h4-5,14-15,17-18,20-21H,2-3,6-13,16,19H2,1H3/b5-4-,15-14+. The lowest BCUT2D eigenvalue weighted by Crippen LogP contribution is -2.36. The predicted octanol–water partition coefficient (Wildman–Crippen LogP) is 3.70. The molecule has 0 aromatic heterocycles. The molecule has 21 heavy (non-hydrogen) atoms. The van der Waals surface area contributed by atoms with E-state index < -0.39 is 12.1 Å². The molecule has 3 nitrogen and oxygen atoms in total. The molecule has 0 aliphatic rings. The van der Waals surface area contributed by atoms with Crippen molar-refractivity contribution < 1.29 is 10.2 Å². The SMILES string of the molecule is CCC/C=C\CCCCCCCC/C=C/C(O)C(N)CO. The lowest BCUT2D eigenvalue weighted by molar-refractivity contribution is 0.144. The van der Waals surface area contributed by atoms with Gasteiger partial charge in [-0.15, -0.1) is 0 Å². The number of hydrogen-bond donors (Lipinski definition) is 3. The summed E-state index contributed by atoms with van der Waals surface area (Å²) in [5.74, 6) is 0.